The van der Waals surface area contributed by atoms with Crippen LogP contribution in [0.25, 0.3) is 0 Å². The Labute approximate surface area is 189 Å². The molecule has 3 aromatic rings. The zero-order valence-electron chi connectivity index (χ0n) is 18.7. The van der Waals surface area contributed by atoms with Gasteiger partial charge in [0.1, 0.15) is 0 Å². The van der Waals surface area contributed by atoms with Gasteiger partial charge in [-0.15, -0.1) is 0 Å². The zero-order valence-corrected chi connectivity index (χ0v) is 18.7. The largest absolute Gasteiger partial charge is 0.352 e. The van der Waals surface area contributed by atoms with Crippen LogP contribution in [0.5, 0.6) is 0 Å². The highest BCUT2D eigenvalue weighted by Gasteiger charge is 2.19. The van der Waals surface area contributed by atoms with Crippen LogP contribution in [0.15, 0.2) is 88.8 Å². The summed E-state index contributed by atoms with van der Waals surface area (Å²) < 4.78 is 1.71. The number of nitrogens with zero attached hydrogens (tertiary/aromatic N) is 4. The molecule has 6 heteroatoms. The van der Waals surface area contributed by atoms with Crippen LogP contribution in [0, 0.1) is 0 Å². The molecule has 0 unspecified atom stereocenters. The van der Waals surface area contributed by atoms with Crippen molar-refractivity contribution in [2.75, 3.05) is 33.2 Å². The van der Waals surface area contributed by atoms with Crippen molar-refractivity contribution in [2.45, 2.75) is 19.6 Å². The van der Waals surface area contributed by atoms with Gasteiger partial charge in [-0.3, -0.25) is 14.7 Å². The molecule has 1 aliphatic rings. The molecule has 1 aliphatic heterocycles. The van der Waals surface area contributed by atoms with E-state index in [0.29, 0.717) is 6.54 Å². The second-order valence-corrected chi connectivity index (χ2v) is 8.13. The van der Waals surface area contributed by atoms with Crippen LogP contribution in [-0.4, -0.2) is 53.6 Å². The quantitative estimate of drug-likeness (QED) is 0.484. The van der Waals surface area contributed by atoms with E-state index < -0.39 is 0 Å². The van der Waals surface area contributed by atoms with Crippen LogP contribution in [0.1, 0.15) is 16.7 Å². The van der Waals surface area contributed by atoms with Crippen LogP contribution in [0.3, 0.4) is 0 Å². The van der Waals surface area contributed by atoms with Crippen LogP contribution in [-0.2, 0) is 19.6 Å². The number of piperazine rings is 1. The van der Waals surface area contributed by atoms with E-state index in [1.807, 2.05) is 19.3 Å². The Bertz CT molecular complexity index is 1070. The minimum Gasteiger partial charge on any atom is -0.352 e. The summed E-state index contributed by atoms with van der Waals surface area (Å²) in [6, 6.07) is 24.3. The molecule has 0 radical (unpaired) electrons. The van der Waals surface area contributed by atoms with E-state index in [0.717, 1.165) is 50.8 Å². The van der Waals surface area contributed by atoms with E-state index in [-0.39, 0.29) is 5.56 Å². The number of hydrogen-bond donors (Lipinski definition) is 1. The lowest BCUT2D eigenvalue weighted by molar-refractivity contribution is 0.172. The third-order valence-electron chi connectivity index (χ3n) is 5.86. The van der Waals surface area contributed by atoms with Gasteiger partial charge in [-0.25, -0.2) is 0 Å². The van der Waals surface area contributed by atoms with Crippen molar-refractivity contribution in [3.63, 3.8) is 0 Å². The van der Waals surface area contributed by atoms with E-state index in [1.54, 1.807) is 16.7 Å². The minimum absolute atomic E-state index is 0.0194. The summed E-state index contributed by atoms with van der Waals surface area (Å²) in [5.74, 6) is 0.948. The van der Waals surface area contributed by atoms with Gasteiger partial charge < -0.3 is 14.8 Å². The average molecular weight is 430 g/mol. The van der Waals surface area contributed by atoms with Gasteiger partial charge in [0, 0.05) is 58.6 Å². The number of aromatic nitrogens is 1. The van der Waals surface area contributed by atoms with Gasteiger partial charge in [-0.1, -0.05) is 60.7 Å². The minimum atomic E-state index is 0.0194. The summed E-state index contributed by atoms with van der Waals surface area (Å²) in [5.41, 5.74) is 3.69. The maximum Gasteiger partial charge on any atom is 0.250 e. The smallest absolute Gasteiger partial charge is 0.250 e. The number of hydrogen-bond acceptors (Lipinski definition) is 3. The van der Waals surface area contributed by atoms with Crippen molar-refractivity contribution in [1.29, 1.82) is 0 Å². The van der Waals surface area contributed by atoms with Crippen LogP contribution in [0.2, 0.25) is 0 Å². The van der Waals surface area contributed by atoms with Gasteiger partial charge in [-0.2, -0.15) is 0 Å². The molecule has 0 atom stereocenters. The first kappa shape index (κ1) is 21.8. The van der Waals surface area contributed by atoms with Crippen molar-refractivity contribution in [3.05, 3.63) is 106 Å². The lowest BCUT2D eigenvalue weighted by atomic mass is 10.1. The molecule has 1 N–H and O–H groups in total. The monoisotopic (exact) mass is 429 g/mol. The van der Waals surface area contributed by atoms with Crippen molar-refractivity contribution < 1.29 is 0 Å². The summed E-state index contributed by atoms with van der Waals surface area (Å²) in [5, 5.41) is 3.50. The average Bonchev–Trinajstić information content (AvgIpc) is 2.83. The highest BCUT2D eigenvalue weighted by atomic mass is 16.1. The summed E-state index contributed by atoms with van der Waals surface area (Å²) in [7, 11) is 1.85. The molecule has 2 heterocycles. The normalized spacial score (nSPS) is 15.0. The summed E-state index contributed by atoms with van der Waals surface area (Å²) in [6.45, 7) is 6.31. The molecule has 166 valence electrons. The SMILES string of the molecule is CN=C(NCc1ccc(Cn2ccccc2=O)cc1)N1CCN(Cc2ccccc2)CC1. The van der Waals surface area contributed by atoms with Gasteiger partial charge in [0.15, 0.2) is 5.96 Å². The molecular formula is C26H31N5O. The third-order valence-corrected chi connectivity index (χ3v) is 5.86. The first-order valence-corrected chi connectivity index (χ1v) is 11.2. The molecule has 6 nitrogen and oxygen atoms in total. The molecule has 0 saturated carbocycles. The Morgan fingerprint density at radius 3 is 2.16 bits per heavy atom. The Kier molecular flexibility index (Phi) is 7.35. The van der Waals surface area contributed by atoms with Crippen molar-refractivity contribution in [2.24, 2.45) is 4.99 Å². The molecule has 32 heavy (non-hydrogen) atoms. The Morgan fingerprint density at radius 2 is 1.47 bits per heavy atom. The molecule has 1 saturated heterocycles. The van der Waals surface area contributed by atoms with Crippen molar-refractivity contribution in [1.82, 2.24) is 19.7 Å². The van der Waals surface area contributed by atoms with Crippen molar-refractivity contribution >= 4 is 5.96 Å². The molecular weight excluding hydrogens is 398 g/mol. The lowest BCUT2D eigenvalue weighted by Crippen LogP contribution is -2.52. The molecule has 1 aromatic heterocycles. The summed E-state index contributed by atoms with van der Waals surface area (Å²) in [6.07, 6.45) is 1.82. The first-order valence-electron chi connectivity index (χ1n) is 11.2. The van der Waals surface area contributed by atoms with E-state index >= 15 is 0 Å². The molecule has 0 bridgehead atoms. The fourth-order valence-electron chi connectivity index (χ4n) is 4.02. The second-order valence-electron chi connectivity index (χ2n) is 8.13. The van der Waals surface area contributed by atoms with Gasteiger partial charge in [0.25, 0.3) is 5.56 Å². The highest BCUT2D eigenvalue weighted by Crippen LogP contribution is 2.10. The molecule has 0 amide bonds. The topological polar surface area (TPSA) is 52.9 Å². The van der Waals surface area contributed by atoms with E-state index in [9.17, 15) is 4.79 Å². The number of benzene rings is 2. The van der Waals surface area contributed by atoms with E-state index in [2.05, 4.69) is 74.7 Å². The predicted molar refractivity (Wildman–Crippen MR) is 130 cm³/mol. The number of aliphatic imine (C=N–C) groups is 1. The third kappa shape index (κ3) is 5.86. The predicted octanol–water partition coefficient (Wildman–Crippen LogP) is 2.79. The van der Waals surface area contributed by atoms with Crippen LogP contribution < -0.4 is 10.9 Å². The second kappa shape index (κ2) is 10.8. The number of nitrogens with one attached hydrogen (secondary N) is 1. The van der Waals surface area contributed by atoms with Crippen molar-refractivity contribution in [3.8, 4) is 0 Å². The molecule has 0 aliphatic carbocycles. The summed E-state index contributed by atoms with van der Waals surface area (Å²) in [4.78, 5) is 21.2. The van der Waals surface area contributed by atoms with E-state index in [1.165, 1.54) is 11.1 Å². The highest BCUT2D eigenvalue weighted by molar-refractivity contribution is 5.80. The molecule has 2 aromatic carbocycles. The Balaban J connectivity index is 1.26. The fourth-order valence-corrected chi connectivity index (χ4v) is 4.02. The van der Waals surface area contributed by atoms with Gasteiger partial charge in [0.2, 0.25) is 0 Å². The number of rotatable bonds is 6. The lowest BCUT2D eigenvalue weighted by Gasteiger charge is -2.36. The zero-order chi connectivity index (χ0) is 22.2. The Hall–Kier alpha value is -3.38. The van der Waals surface area contributed by atoms with Crippen LogP contribution >= 0.6 is 0 Å². The molecule has 1 fully saturated rings. The summed E-state index contributed by atoms with van der Waals surface area (Å²) >= 11 is 0. The molecule has 0 spiro atoms. The molecule has 4 rings (SSSR count). The fraction of sp³-hybridized carbons (Fsp3) is 0.308. The Morgan fingerprint density at radius 1 is 0.812 bits per heavy atom. The number of pyridine rings is 1. The standard InChI is InChI=1S/C26H31N5O/c1-27-26(30-17-15-29(16-18-30)20-23-7-3-2-4-8-23)28-19-22-10-12-24(13-11-22)21-31-14-6-5-9-25(31)32/h2-14H,15-21H2,1H3,(H,27,28). The van der Waals surface area contributed by atoms with Gasteiger partial charge in [-0.05, 0) is 22.8 Å². The van der Waals surface area contributed by atoms with Gasteiger partial charge >= 0.3 is 0 Å². The van der Waals surface area contributed by atoms with Gasteiger partial charge in [0.05, 0.1) is 6.54 Å². The van der Waals surface area contributed by atoms with E-state index in [4.69, 9.17) is 0 Å². The first-order chi connectivity index (χ1) is 15.7. The number of guanidine groups is 1. The maximum absolute atomic E-state index is 11.9. The maximum atomic E-state index is 11.9. The van der Waals surface area contributed by atoms with Crippen LogP contribution in [0.4, 0.5) is 0 Å².